The molecule has 88 valence electrons. The third kappa shape index (κ3) is 3.56. The van der Waals surface area contributed by atoms with Crippen molar-refractivity contribution in [3.63, 3.8) is 0 Å². The van der Waals surface area contributed by atoms with Crippen LogP contribution in [0.1, 0.15) is 24.2 Å². The van der Waals surface area contributed by atoms with Crippen molar-refractivity contribution in [2.75, 3.05) is 13.2 Å². The average Bonchev–Trinajstić information content (AvgIpc) is 2.29. The molecule has 1 aromatic rings. The number of hydrogen-bond acceptors (Lipinski definition) is 3. The Hall–Kier alpha value is -0.960. The van der Waals surface area contributed by atoms with E-state index in [1.54, 1.807) is 24.3 Å². The van der Waals surface area contributed by atoms with E-state index in [0.29, 0.717) is 13.2 Å². The van der Waals surface area contributed by atoms with Crippen LogP contribution >= 0.6 is 8.38 Å². The van der Waals surface area contributed by atoms with E-state index < -0.39 is 14.3 Å². The quantitative estimate of drug-likeness (QED) is 0.778. The third-order valence-corrected chi connectivity index (χ3v) is 3.52. The summed E-state index contributed by atoms with van der Waals surface area (Å²) in [5.74, 6) is -0.927. The van der Waals surface area contributed by atoms with Gasteiger partial charge in [-0.3, -0.25) is 0 Å². The molecule has 0 aromatic heterocycles. The Morgan fingerprint density at radius 2 is 1.69 bits per heavy atom. The van der Waals surface area contributed by atoms with Crippen LogP contribution in [-0.4, -0.2) is 24.3 Å². The van der Waals surface area contributed by atoms with Gasteiger partial charge in [0.15, 0.2) is 0 Å². The second-order valence-corrected chi connectivity index (χ2v) is 4.49. The van der Waals surface area contributed by atoms with Crippen LogP contribution in [0.3, 0.4) is 0 Å². The van der Waals surface area contributed by atoms with Gasteiger partial charge in [0.1, 0.15) is 0 Å². The van der Waals surface area contributed by atoms with E-state index >= 15 is 0 Å². The molecule has 0 unspecified atom stereocenters. The van der Waals surface area contributed by atoms with Gasteiger partial charge in [-0.15, -0.1) is 0 Å². The number of carboxylic acid groups (broad SMARTS) is 1. The Bertz CT molecular complexity index is 330. The Labute approximate surface area is 96.1 Å². The zero-order chi connectivity index (χ0) is 12.0. The first-order valence-corrected chi connectivity index (χ1v) is 6.26. The molecule has 0 spiro atoms. The number of rotatable bonds is 6. The van der Waals surface area contributed by atoms with Gasteiger partial charge in [-0.05, 0) is 38.1 Å². The normalized spacial score (nSPS) is 10.7. The molecule has 0 aliphatic rings. The molecule has 0 atom stereocenters. The smallest absolute Gasteiger partial charge is 0.335 e. The molecule has 0 radical (unpaired) electrons. The van der Waals surface area contributed by atoms with Gasteiger partial charge in [0.25, 0.3) is 0 Å². The minimum Gasteiger partial charge on any atom is -0.478 e. The molecule has 0 fully saturated rings. The predicted molar refractivity (Wildman–Crippen MR) is 63.2 cm³/mol. The van der Waals surface area contributed by atoms with E-state index in [1.165, 1.54) is 0 Å². The Kier molecular flexibility index (Phi) is 5.39. The topological polar surface area (TPSA) is 55.8 Å². The van der Waals surface area contributed by atoms with Crippen molar-refractivity contribution in [3.05, 3.63) is 29.8 Å². The molecule has 16 heavy (non-hydrogen) atoms. The molecule has 0 amide bonds. The van der Waals surface area contributed by atoms with Crippen molar-refractivity contribution in [1.29, 1.82) is 0 Å². The van der Waals surface area contributed by atoms with Crippen molar-refractivity contribution in [3.8, 4) is 0 Å². The van der Waals surface area contributed by atoms with Gasteiger partial charge in [-0.25, -0.2) is 4.79 Å². The van der Waals surface area contributed by atoms with Crippen LogP contribution in [-0.2, 0) is 9.05 Å². The van der Waals surface area contributed by atoms with Crippen LogP contribution in [0, 0.1) is 0 Å². The molecule has 0 saturated carbocycles. The molecular formula is C11H15O4P. The minimum atomic E-state index is -1.08. The fourth-order valence-corrected chi connectivity index (χ4v) is 2.38. The van der Waals surface area contributed by atoms with Crippen LogP contribution < -0.4 is 5.30 Å². The fraction of sp³-hybridized carbons (Fsp3) is 0.364. The maximum atomic E-state index is 10.7. The number of carboxylic acids is 1. The number of benzene rings is 1. The highest BCUT2D eigenvalue weighted by Crippen LogP contribution is 2.36. The largest absolute Gasteiger partial charge is 0.478 e. The molecule has 1 aromatic carbocycles. The van der Waals surface area contributed by atoms with Crippen LogP contribution in [0.25, 0.3) is 0 Å². The lowest BCUT2D eigenvalue weighted by Crippen LogP contribution is -2.07. The van der Waals surface area contributed by atoms with Crippen molar-refractivity contribution in [2.24, 2.45) is 0 Å². The lowest BCUT2D eigenvalue weighted by Gasteiger charge is -2.15. The van der Waals surface area contributed by atoms with Crippen molar-refractivity contribution in [1.82, 2.24) is 0 Å². The van der Waals surface area contributed by atoms with E-state index in [2.05, 4.69) is 0 Å². The number of carbonyl (C=O) groups is 1. The summed E-state index contributed by atoms with van der Waals surface area (Å²) in [6, 6.07) is 6.59. The molecule has 5 heteroatoms. The second-order valence-electron chi connectivity index (χ2n) is 2.94. The first-order valence-electron chi connectivity index (χ1n) is 5.08. The minimum absolute atomic E-state index is 0.270. The third-order valence-electron chi connectivity index (χ3n) is 1.82. The van der Waals surface area contributed by atoms with Crippen molar-refractivity contribution in [2.45, 2.75) is 13.8 Å². The molecule has 0 aliphatic carbocycles. The number of aromatic carboxylic acids is 1. The standard InChI is InChI=1S/C11H15O4P/c1-3-14-16(15-4-2)10-7-5-9(6-8-10)11(12)13/h5-8H,3-4H2,1-2H3,(H,12,13). The predicted octanol–water partition coefficient (Wildman–Crippen LogP) is 2.40. The number of hydrogen-bond donors (Lipinski definition) is 1. The summed E-state index contributed by atoms with van der Waals surface area (Å²) in [6.07, 6.45) is 0. The zero-order valence-electron chi connectivity index (χ0n) is 9.34. The fourth-order valence-electron chi connectivity index (χ4n) is 1.15. The maximum Gasteiger partial charge on any atom is 0.335 e. The highest BCUT2D eigenvalue weighted by atomic mass is 31.2. The lowest BCUT2D eigenvalue weighted by molar-refractivity contribution is 0.0697. The monoisotopic (exact) mass is 242 g/mol. The average molecular weight is 242 g/mol. The summed E-state index contributed by atoms with van der Waals surface area (Å²) < 4.78 is 10.9. The molecular weight excluding hydrogens is 227 g/mol. The molecule has 0 saturated heterocycles. The van der Waals surface area contributed by atoms with Gasteiger partial charge in [0.2, 0.25) is 8.38 Å². The summed E-state index contributed by atoms with van der Waals surface area (Å²) in [5, 5.41) is 9.66. The van der Waals surface area contributed by atoms with E-state index in [9.17, 15) is 4.79 Å². The SMILES string of the molecule is CCOP(OCC)c1ccc(C(=O)O)cc1. The van der Waals surface area contributed by atoms with Gasteiger partial charge in [-0.2, -0.15) is 0 Å². The van der Waals surface area contributed by atoms with Crippen molar-refractivity contribution < 1.29 is 18.9 Å². The summed E-state index contributed by atoms with van der Waals surface area (Å²) in [6.45, 7) is 4.96. The summed E-state index contributed by atoms with van der Waals surface area (Å²) in [7, 11) is -1.08. The molecule has 0 aliphatic heterocycles. The zero-order valence-corrected chi connectivity index (χ0v) is 10.2. The van der Waals surface area contributed by atoms with Gasteiger partial charge >= 0.3 is 5.97 Å². The Morgan fingerprint density at radius 1 is 1.19 bits per heavy atom. The highest BCUT2D eigenvalue weighted by molar-refractivity contribution is 7.56. The van der Waals surface area contributed by atoms with Gasteiger partial charge in [0, 0.05) is 5.30 Å². The maximum absolute atomic E-state index is 10.7. The summed E-state index contributed by atoms with van der Waals surface area (Å²) in [4.78, 5) is 10.7. The van der Waals surface area contributed by atoms with Crippen LogP contribution in [0.4, 0.5) is 0 Å². The van der Waals surface area contributed by atoms with Crippen LogP contribution in [0.2, 0.25) is 0 Å². The van der Waals surface area contributed by atoms with Gasteiger partial charge < -0.3 is 14.2 Å². The van der Waals surface area contributed by atoms with Crippen molar-refractivity contribution >= 4 is 19.6 Å². The Balaban J connectivity index is 2.80. The Morgan fingerprint density at radius 3 is 2.06 bits per heavy atom. The van der Waals surface area contributed by atoms with E-state index in [0.717, 1.165) is 5.30 Å². The van der Waals surface area contributed by atoms with E-state index in [4.69, 9.17) is 14.2 Å². The lowest BCUT2D eigenvalue weighted by atomic mass is 10.2. The first kappa shape index (κ1) is 13.1. The molecule has 0 bridgehead atoms. The first-order chi connectivity index (χ1) is 7.69. The second kappa shape index (κ2) is 6.59. The van der Waals surface area contributed by atoms with Crippen LogP contribution in [0.15, 0.2) is 24.3 Å². The van der Waals surface area contributed by atoms with E-state index in [-0.39, 0.29) is 5.56 Å². The summed E-state index contributed by atoms with van der Waals surface area (Å²) in [5.41, 5.74) is 0.270. The molecule has 0 heterocycles. The van der Waals surface area contributed by atoms with Gasteiger partial charge in [-0.1, -0.05) is 0 Å². The van der Waals surface area contributed by atoms with Crippen LogP contribution in [0.5, 0.6) is 0 Å². The molecule has 4 nitrogen and oxygen atoms in total. The van der Waals surface area contributed by atoms with Gasteiger partial charge in [0.05, 0.1) is 18.8 Å². The highest BCUT2D eigenvalue weighted by Gasteiger charge is 2.13. The molecule has 1 rings (SSSR count). The van der Waals surface area contributed by atoms with E-state index in [1.807, 2.05) is 13.8 Å². The molecule has 1 N–H and O–H groups in total. The summed E-state index contributed by atoms with van der Waals surface area (Å²) >= 11 is 0.